The zero-order valence-electron chi connectivity index (χ0n) is 15.8. The zero-order chi connectivity index (χ0) is 18.6. The maximum Gasteiger partial charge on any atom is 0.220 e. The van der Waals surface area contributed by atoms with Gasteiger partial charge in [0.05, 0.1) is 17.9 Å². The van der Waals surface area contributed by atoms with Crippen LogP contribution in [0.5, 0.6) is 0 Å². The number of hydrogen-bond donors (Lipinski definition) is 1. The van der Waals surface area contributed by atoms with E-state index >= 15 is 0 Å². The Kier molecular flexibility index (Phi) is 5.66. The molecular formula is C19H27N5O2. The van der Waals surface area contributed by atoms with E-state index in [4.69, 9.17) is 4.74 Å². The Balaban J connectivity index is 1.46. The predicted molar refractivity (Wildman–Crippen MR) is 97.4 cm³/mol. The fourth-order valence-corrected chi connectivity index (χ4v) is 3.27. The van der Waals surface area contributed by atoms with Crippen molar-refractivity contribution < 1.29 is 9.53 Å². The fourth-order valence-electron chi connectivity index (χ4n) is 3.27. The molecule has 2 aromatic rings. The zero-order valence-corrected chi connectivity index (χ0v) is 15.8. The largest absolute Gasteiger partial charge is 0.367 e. The van der Waals surface area contributed by atoms with Crippen LogP contribution in [0.15, 0.2) is 18.3 Å². The van der Waals surface area contributed by atoms with Gasteiger partial charge in [0, 0.05) is 31.5 Å². The Morgan fingerprint density at radius 1 is 1.42 bits per heavy atom. The number of carbonyl (C=O) groups excluding carboxylic acids is 1. The van der Waals surface area contributed by atoms with Gasteiger partial charge < -0.3 is 10.1 Å². The number of nitrogens with zero attached hydrogens (tertiary/aromatic N) is 4. The molecule has 1 unspecified atom stereocenters. The Labute approximate surface area is 154 Å². The van der Waals surface area contributed by atoms with Gasteiger partial charge in [0.2, 0.25) is 5.91 Å². The van der Waals surface area contributed by atoms with Gasteiger partial charge in [-0.25, -0.2) is 9.97 Å². The second-order valence-corrected chi connectivity index (χ2v) is 7.08. The summed E-state index contributed by atoms with van der Waals surface area (Å²) in [4.78, 5) is 21.0. The highest BCUT2D eigenvalue weighted by Gasteiger charge is 2.34. The first-order valence-corrected chi connectivity index (χ1v) is 9.20. The van der Waals surface area contributed by atoms with Gasteiger partial charge in [0.1, 0.15) is 5.60 Å². The van der Waals surface area contributed by atoms with E-state index in [1.807, 2.05) is 37.6 Å². The Bertz CT molecular complexity index is 765. The molecule has 0 bridgehead atoms. The van der Waals surface area contributed by atoms with Crippen LogP contribution >= 0.6 is 0 Å². The Hall–Kier alpha value is -2.28. The van der Waals surface area contributed by atoms with Gasteiger partial charge in [-0.2, -0.15) is 5.10 Å². The van der Waals surface area contributed by atoms with E-state index in [0.29, 0.717) is 18.8 Å². The topological polar surface area (TPSA) is 81.9 Å². The van der Waals surface area contributed by atoms with Crippen LogP contribution in [0, 0.1) is 13.8 Å². The minimum absolute atomic E-state index is 0.0232. The SMILES string of the molecule is Cc1cc(C)n(CCCC(=O)NCc2ccnc(C3(C)CCCO3)n2)n1. The predicted octanol–water partition coefficient (Wildman–Crippen LogP) is 2.41. The third-order valence-corrected chi connectivity index (χ3v) is 4.75. The summed E-state index contributed by atoms with van der Waals surface area (Å²) >= 11 is 0. The van der Waals surface area contributed by atoms with Gasteiger partial charge in [-0.05, 0) is 52.2 Å². The van der Waals surface area contributed by atoms with Crippen LogP contribution in [0.1, 0.15) is 55.5 Å². The highest BCUT2D eigenvalue weighted by atomic mass is 16.5. The van der Waals surface area contributed by atoms with Crippen LogP contribution in [-0.4, -0.2) is 32.3 Å². The van der Waals surface area contributed by atoms with Gasteiger partial charge in [0.25, 0.3) is 0 Å². The molecule has 0 saturated carbocycles. The lowest BCUT2D eigenvalue weighted by Crippen LogP contribution is -2.26. The molecule has 1 atom stereocenters. The van der Waals surface area contributed by atoms with E-state index in [1.165, 1.54) is 0 Å². The third kappa shape index (κ3) is 4.46. The second kappa shape index (κ2) is 7.95. The molecule has 2 aromatic heterocycles. The quantitative estimate of drug-likeness (QED) is 0.823. The number of aryl methyl sites for hydroxylation is 3. The molecular weight excluding hydrogens is 330 g/mol. The van der Waals surface area contributed by atoms with Crippen molar-refractivity contribution in [3.63, 3.8) is 0 Å². The average molecular weight is 357 g/mol. The highest BCUT2D eigenvalue weighted by molar-refractivity contribution is 5.75. The third-order valence-electron chi connectivity index (χ3n) is 4.75. The van der Waals surface area contributed by atoms with E-state index in [1.54, 1.807) is 6.20 Å². The molecule has 3 rings (SSSR count). The van der Waals surface area contributed by atoms with E-state index < -0.39 is 5.60 Å². The van der Waals surface area contributed by atoms with Gasteiger partial charge in [-0.3, -0.25) is 9.48 Å². The normalized spacial score (nSPS) is 19.7. The van der Waals surface area contributed by atoms with Crippen LogP contribution in [0.25, 0.3) is 0 Å². The molecule has 0 spiro atoms. The molecule has 1 saturated heterocycles. The van der Waals surface area contributed by atoms with Gasteiger partial charge in [0.15, 0.2) is 5.82 Å². The molecule has 1 aliphatic heterocycles. The Morgan fingerprint density at radius 2 is 2.27 bits per heavy atom. The molecule has 7 nitrogen and oxygen atoms in total. The minimum Gasteiger partial charge on any atom is -0.367 e. The summed E-state index contributed by atoms with van der Waals surface area (Å²) in [6.45, 7) is 7.93. The van der Waals surface area contributed by atoms with Crippen molar-refractivity contribution in [3.05, 3.63) is 41.2 Å². The van der Waals surface area contributed by atoms with E-state index in [2.05, 4.69) is 20.4 Å². The lowest BCUT2D eigenvalue weighted by Gasteiger charge is -2.21. The summed E-state index contributed by atoms with van der Waals surface area (Å²) in [5.74, 6) is 0.723. The van der Waals surface area contributed by atoms with Crippen LogP contribution < -0.4 is 5.32 Å². The summed E-state index contributed by atoms with van der Waals surface area (Å²) in [6, 6.07) is 3.87. The smallest absolute Gasteiger partial charge is 0.220 e. The molecule has 26 heavy (non-hydrogen) atoms. The van der Waals surface area contributed by atoms with Crippen LogP contribution in [0.4, 0.5) is 0 Å². The molecule has 1 amide bonds. The summed E-state index contributed by atoms with van der Waals surface area (Å²) in [5.41, 5.74) is 2.53. The van der Waals surface area contributed by atoms with E-state index in [9.17, 15) is 4.79 Å². The number of hydrogen-bond acceptors (Lipinski definition) is 5. The maximum absolute atomic E-state index is 12.1. The molecule has 0 aliphatic carbocycles. The highest BCUT2D eigenvalue weighted by Crippen LogP contribution is 2.33. The van der Waals surface area contributed by atoms with Crippen molar-refractivity contribution in [1.29, 1.82) is 0 Å². The number of rotatable bonds is 7. The standard InChI is InChI=1S/C19H27N5O2/c1-14-12-15(2)24(23-14)10-4-6-17(25)21-13-16-7-9-20-18(22-16)19(3)8-5-11-26-19/h7,9,12H,4-6,8,10-11,13H2,1-3H3,(H,21,25). The van der Waals surface area contributed by atoms with Crippen molar-refractivity contribution in [1.82, 2.24) is 25.1 Å². The van der Waals surface area contributed by atoms with Crippen LogP contribution in [0.2, 0.25) is 0 Å². The number of amides is 1. The van der Waals surface area contributed by atoms with E-state index in [0.717, 1.165) is 49.5 Å². The minimum atomic E-state index is -0.403. The van der Waals surface area contributed by atoms with Crippen molar-refractivity contribution in [2.75, 3.05) is 6.61 Å². The van der Waals surface area contributed by atoms with Gasteiger partial charge in [-0.1, -0.05) is 0 Å². The van der Waals surface area contributed by atoms with Crippen molar-refractivity contribution in [3.8, 4) is 0 Å². The van der Waals surface area contributed by atoms with E-state index in [-0.39, 0.29) is 5.91 Å². The lowest BCUT2D eigenvalue weighted by atomic mass is 10.0. The molecule has 0 aromatic carbocycles. The molecule has 1 aliphatic rings. The Morgan fingerprint density at radius 3 is 2.96 bits per heavy atom. The number of carbonyl (C=O) groups is 1. The van der Waals surface area contributed by atoms with Crippen LogP contribution in [0.3, 0.4) is 0 Å². The summed E-state index contributed by atoms with van der Waals surface area (Å²) < 4.78 is 7.74. The molecule has 7 heteroatoms. The number of aromatic nitrogens is 4. The van der Waals surface area contributed by atoms with Gasteiger partial charge in [-0.15, -0.1) is 0 Å². The monoisotopic (exact) mass is 357 g/mol. The average Bonchev–Trinajstić information content (AvgIpc) is 3.20. The van der Waals surface area contributed by atoms with Crippen molar-refractivity contribution in [2.24, 2.45) is 0 Å². The molecule has 140 valence electrons. The second-order valence-electron chi connectivity index (χ2n) is 7.08. The maximum atomic E-state index is 12.1. The molecule has 1 N–H and O–H groups in total. The number of nitrogens with one attached hydrogen (secondary N) is 1. The van der Waals surface area contributed by atoms with Gasteiger partial charge >= 0.3 is 0 Å². The molecule has 0 radical (unpaired) electrons. The summed E-state index contributed by atoms with van der Waals surface area (Å²) in [5, 5.41) is 7.35. The lowest BCUT2D eigenvalue weighted by molar-refractivity contribution is -0.121. The van der Waals surface area contributed by atoms with Crippen LogP contribution in [-0.2, 0) is 28.2 Å². The first kappa shape index (κ1) is 18.5. The first-order valence-electron chi connectivity index (χ1n) is 9.20. The molecule has 1 fully saturated rings. The molecule has 3 heterocycles. The summed E-state index contributed by atoms with van der Waals surface area (Å²) in [7, 11) is 0. The number of ether oxygens (including phenoxy) is 1. The van der Waals surface area contributed by atoms with Crippen molar-refractivity contribution >= 4 is 5.91 Å². The fraction of sp³-hybridized carbons (Fsp3) is 0.579. The van der Waals surface area contributed by atoms with Crippen molar-refractivity contribution in [2.45, 2.75) is 65.1 Å². The first-order chi connectivity index (χ1) is 12.5. The summed E-state index contributed by atoms with van der Waals surface area (Å²) in [6.07, 6.45) is 4.91.